The van der Waals surface area contributed by atoms with E-state index in [2.05, 4.69) is 10.2 Å². The second kappa shape index (κ2) is 8.47. The molecule has 187 valence electrons. The first-order valence-corrected chi connectivity index (χ1v) is 13.8. The molecular formula is C20H14N3O10S3. The fourth-order valence-corrected chi connectivity index (χ4v) is 5.81. The van der Waals surface area contributed by atoms with E-state index in [9.17, 15) is 44.0 Å². The maximum Gasteiger partial charge on any atom is 0.297 e. The number of phenolic OH excluding ortho intramolecular Hbond substituents is 1. The second-order valence-electron chi connectivity index (χ2n) is 7.40. The molecule has 0 saturated heterocycles. The molecule has 0 atom stereocenters. The number of fused-ring (bicyclic) bond motifs is 2. The van der Waals surface area contributed by atoms with E-state index in [0.29, 0.717) is 0 Å². The van der Waals surface area contributed by atoms with Crippen LogP contribution in [0.5, 0.6) is 5.75 Å². The molecule has 0 spiro atoms. The zero-order valence-electron chi connectivity index (χ0n) is 17.6. The third-order valence-electron chi connectivity index (χ3n) is 5.07. The van der Waals surface area contributed by atoms with Crippen molar-refractivity contribution in [2.75, 3.05) is 0 Å². The van der Waals surface area contributed by atoms with Crippen molar-refractivity contribution in [2.45, 2.75) is 14.7 Å². The monoisotopic (exact) mass is 552 g/mol. The lowest BCUT2D eigenvalue weighted by molar-refractivity contribution is 0.472. The number of azo groups is 1. The van der Waals surface area contributed by atoms with Crippen LogP contribution in [-0.2, 0) is 30.4 Å². The van der Waals surface area contributed by atoms with Crippen molar-refractivity contribution >= 4 is 69.0 Å². The van der Waals surface area contributed by atoms with E-state index >= 15 is 0 Å². The highest BCUT2D eigenvalue weighted by molar-refractivity contribution is 7.86. The first-order valence-electron chi connectivity index (χ1n) is 9.50. The molecule has 0 aliphatic heterocycles. The molecule has 13 nitrogen and oxygen atoms in total. The zero-order chi connectivity index (χ0) is 26.6. The van der Waals surface area contributed by atoms with Gasteiger partial charge in [0.15, 0.2) is 5.75 Å². The first kappa shape index (κ1) is 25.4. The SMILES string of the molecule is [NH]c1ccc2c(O)c(N=Nc3ccc4c(S(=O)(=O)O)cccc4c3S(=O)(=O)O)c(S(=O)(=O)O)cc2c1. The Balaban J connectivity index is 2.04. The molecule has 0 heterocycles. The lowest BCUT2D eigenvalue weighted by Gasteiger charge is -2.11. The molecule has 0 fully saturated rings. The van der Waals surface area contributed by atoms with Gasteiger partial charge >= 0.3 is 0 Å². The molecule has 0 amide bonds. The number of benzene rings is 4. The summed E-state index contributed by atoms with van der Waals surface area (Å²) in [6, 6.07) is 9.97. The van der Waals surface area contributed by atoms with Crippen LogP contribution in [0.25, 0.3) is 21.5 Å². The van der Waals surface area contributed by atoms with Crippen LogP contribution < -0.4 is 5.73 Å². The molecule has 4 aromatic rings. The molecule has 4 rings (SSSR count). The molecule has 0 aliphatic rings. The Hall–Kier alpha value is -3.67. The van der Waals surface area contributed by atoms with Gasteiger partial charge in [-0.25, -0.2) is 0 Å². The van der Waals surface area contributed by atoms with Gasteiger partial charge in [0.2, 0.25) is 0 Å². The van der Waals surface area contributed by atoms with E-state index in [-0.39, 0.29) is 27.2 Å². The third-order valence-corrected chi connectivity index (χ3v) is 7.80. The number of rotatable bonds is 5. The van der Waals surface area contributed by atoms with E-state index in [0.717, 1.165) is 36.4 Å². The molecule has 1 radical (unpaired) electrons. The standard InChI is InChI=1S/C20H14N3O10S3/c21-11-4-5-12-10(8-11)9-17(35(28,29)30)18(19(12)24)23-22-15-7-6-13-14(20(15)36(31,32)33)2-1-3-16(13)34(25,26)27/h1-9,21,24H,(H,25,26,27)(H,28,29,30)(H,31,32,33). The average molecular weight is 553 g/mol. The number of aromatic hydroxyl groups is 1. The molecular weight excluding hydrogens is 538 g/mol. The smallest absolute Gasteiger partial charge is 0.297 e. The molecule has 0 aromatic heterocycles. The van der Waals surface area contributed by atoms with Crippen molar-refractivity contribution in [1.29, 1.82) is 0 Å². The fraction of sp³-hybridized carbons (Fsp3) is 0. The zero-order valence-corrected chi connectivity index (χ0v) is 20.0. The van der Waals surface area contributed by atoms with Crippen LogP contribution in [0.4, 0.5) is 17.1 Å². The van der Waals surface area contributed by atoms with E-state index in [1.165, 1.54) is 18.2 Å². The van der Waals surface area contributed by atoms with Gasteiger partial charge < -0.3 is 10.8 Å². The highest BCUT2D eigenvalue weighted by atomic mass is 32.2. The quantitative estimate of drug-likeness (QED) is 0.207. The van der Waals surface area contributed by atoms with Gasteiger partial charge in [0.05, 0.1) is 5.69 Å². The summed E-state index contributed by atoms with van der Waals surface area (Å²) in [5.41, 5.74) is 6.28. The highest BCUT2D eigenvalue weighted by Gasteiger charge is 2.25. The summed E-state index contributed by atoms with van der Waals surface area (Å²) >= 11 is 0. The molecule has 0 aliphatic carbocycles. The van der Waals surface area contributed by atoms with Gasteiger partial charge in [-0.3, -0.25) is 13.7 Å². The molecule has 16 heteroatoms. The Morgan fingerprint density at radius 3 is 1.92 bits per heavy atom. The first-order chi connectivity index (χ1) is 16.6. The van der Waals surface area contributed by atoms with Gasteiger partial charge in [0.25, 0.3) is 30.4 Å². The van der Waals surface area contributed by atoms with Gasteiger partial charge in [-0.15, -0.1) is 10.2 Å². The van der Waals surface area contributed by atoms with Crippen molar-refractivity contribution in [3.05, 3.63) is 54.6 Å². The maximum absolute atomic E-state index is 12.2. The number of nitrogens with zero attached hydrogens (tertiary/aromatic N) is 2. The van der Waals surface area contributed by atoms with Crippen molar-refractivity contribution in [1.82, 2.24) is 5.73 Å². The Morgan fingerprint density at radius 2 is 1.31 bits per heavy atom. The van der Waals surface area contributed by atoms with Crippen molar-refractivity contribution in [2.24, 2.45) is 10.2 Å². The largest absolute Gasteiger partial charge is 0.505 e. The number of hydrogen-bond donors (Lipinski definition) is 4. The summed E-state index contributed by atoms with van der Waals surface area (Å²) in [5, 5.41) is 17.4. The third kappa shape index (κ3) is 4.60. The topological polar surface area (TPSA) is 232 Å². The van der Waals surface area contributed by atoms with Gasteiger partial charge in [0, 0.05) is 16.2 Å². The molecule has 4 aromatic carbocycles. The summed E-state index contributed by atoms with van der Waals surface area (Å²) in [6.45, 7) is 0. The minimum absolute atomic E-state index is 0.0178. The second-order valence-corrected chi connectivity index (χ2v) is 11.5. The maximum atomic E-state index is 12.2. The fourth-order valence-electron chi connectivity index (χ4n) is 3.61. The summed E-state index contributed by atoms with van der Waals surface area (Å²) in [7, 11) is -14.9. The van der Waals surface area contributed by atoms with E-state index in [4.69, 9.17) is 5.73 Å². The Labute approximate surface area is 203 Å². The predicted octanol–water partition coefficient (Wildman–Crippen LogP) is 3.77. The van der Waals surface area contributed by atoms with Crippen molar-refractivity contribution < 1.29 is 44.0 Å². The van der Waals surface area contributed by atoms with Crippen LogP contribution in [0.15, 0.2) is 79.5 Å². The molecule has 5 N–H and O–H groups in total. The summed E-state index contributed by atoms with van der Waals surface area (Å²) in [4.78, 5) is -2.46. The van der Waals surface area contributed by atoms with Crippen molar-refractivity contribution in [3.63, 3.8) is 0 Å². The molecule has 0 bridgehead atoms. The van der Waals surface area contributed by atoms with Crippen LogP contribution >= 0.6 is 0 Å². The summed E-state index contributed by atoms with van der Waals surface area (Å²) in [6.07, 6.45) is 0. The average Bonchev–Trinajstić information content (AvgIpc) is 2.75. The number of phenols is 1. The van der Waals surface area contributed by atoms with Crippen LogP contribution in [0.2, 0.25) is 0 Å². The van der Waals surface area contributed by atoms with Crippen LogP contribution in [0.3, 0.4) is 0 Å². The van der Waals surface area contributed by atoms with Crippen LogP contribution in [0, 0.1) is 0 Å². The van der Waals surface area contributed by atoms with Crippen molar-refractivity contribution in [3.8, 4) is 5.75 Å². The lowest BCUT2D eigenvalue weighted by Crippen LogP contribution is -2.03. The van der Waals surface area contributed by atoms with E-state index in [1.807, 2.05) is 0 Å². The number of nitrogens with one attached hydrogen (secondary N) is 1. The van der Waals surface area contributed by atoms with Gasteiger partial charge in [0.1, 0.15) is 26.1 Å². The normalized spacial score (nSPS) is 13.1. The Kier molecular flexibility index (Phi) is 5.98. The molecule has 36 heavy (non-hydrogen) atoms. The lowest BCUT2D eigenvalue weighted by atomic mass is 10.1. The minimum Gasteiger partial charge on any atom is -0.505 e. The van der Waals surface area contributed by atoms with E-state index in [1.54, 1.807) is 0 Å². The Morgan fingerprint density at radius 1 is 0.667 bits per heavy atom. The summed E-state index contributed by atoms with van der Waals surface area (Å²) in [5.74, 6) is -0.758. The summed E-state index contributed by atoms with van der Waals surface area (Å²) < 4.78 is 101. The van der Waals surface area contributed by atoms with Gasteiger partial charge in [-0.2, -0.15) is 25.3 Å². The molecule has 0 saturated carbocycles. The van der Waals surface area contributed by atoms with E-state index < -0.39 is 62.2 Å². The molecule has 0 unspecified atom stereocenters. The van der Waals surface area contributed by atoms with Crippen LogP contribution in [0.1, 0.15) is 0 Å². The van der Waals surface area contributed by atoms with Gasteiger partial charge in [-0.1, -0.05) is 18.2 Å². The Bertz CT molecular complexity index is 1940. The minimum atomic E-state index is -5.10. The number of hydrogen-bond acceptors (Lipinski definition) is 9. The van der Waals surface area contributed by atoms with Crippen LogP contribution in [-0.4, -0.2) is 44.0 Å². The predicted molar refractivity (Wildman–Crippen MR) is 126 cm³/mol. The highest BCUT2D eigenvalue weighted by Crippen LogP contribution is 2.43. The van der Waals surface area contributed by atoms with Gasteiger partial charge in [-0.05, 0) is 41.8 Å².